The molecule has 2 aliphatic rings. The molecule has 4 aromatic carbocycles. The van der Waals surface area contributed by atoms with Crippen LogP contribution in [0.15, 0.2) is 84.6 Å². The molecule has 4 N–H and O–H groups in total. The molecule has 1 unspecified atom stereocenters. The summed E-state index contributed by atoms with van der Waals surface area (Å²) >= 11 is 1.31. The topological polar surface area (TPSA) is 186 Å². The highest BCUT2D eigenvalue weighted by Crippen LogP contribution is 2.43. The second kappa shape index (κ2) is 16.6. The Morgan fingerprint density at radius 3 is 1.77 bits per heavy atom. The van der Waals surface area contributed by atoms with Crippen molar-refractivity contribution in [1.82, 2.24) is 24.8 Å². The molecule has 5 heterocycles. The van der Waals surface area contributed by atoms with E-state index in [1.54, 1.807) is 75.3 Å². The number of halogens is 2. The van der Waals surface area contributed by atoms with Crippen LogP contribution in [0.4, 0.5) is 13.9 Å². The maximum atomic E-state index is 13.3. The fraction of sp³-hybridized carbons (Fsp3) is 0.196. The number of phenols is 2. The van der Waals surface area contributed by atoms with Crippen LogP contribution >= 0.6 is 11.3 Å². The third-order valence-corrected chi connectivity index (χ3v) is 11.8. The molecule has 0 bridgehead atoms. The van der Waals surface area contributed by atoms with Crippen LogP contribution in [0.2, 0.25) is 0 Å². The van der Waals surface area contributed by atoms with E-state index in [2.05, 4.69) is 20.3 Å². The van der Waals surface area contributed by atoms with E-state index in [1.165, 1.54) is 45.4 Å². The van der Waals surface area contributed by atoms with Gasteiger partial charge in [-0.05, 0) is 101 Å². The summed E-state index contributed by atoms with van der Waals surface area (Å²) in [5, 5.41) is 37.4. The van der Waals surface area contributed by atoms with Crippen molar-refractivity contribution >= 4 is 62.0 Å². The highest BCUT2D eigenvalue weighted by molar-refractivity contribution is 7.13. The summed E-state index contributed by atoms with van der Waals surface area (Å²) in [7, 11) is 3.26. The van der Waals surface area contributed by atoms with Crippen molar-refractivity contribution in [2.45, 2.75) is 45.2 Å². The fourth-order valence-corrected chi connectivity index (χ4v) is 8.60. The molecule has 62 heavy (non-hydrogen) atoms. The molecule has 2 aliphatic heterocycles. The number of carboxylic acids is 1. The number of pyridine rings is 2. The van der Waals surface area contributed by atoms with Gasteiger partial charge in [0.2, 0.25) is 5.91 Å². The number of hydrogen-bond donors (Lipinski definition) is 4. The predicted molar refractivity (Wildman–Crippen MR) is 227 cm³/mol. The number of carbonyl (C=O) groups excluding carboxylic acids is 3. The lowest BCUT2D eigenvalue weighted by molar-refractivity contribution is -0.138. The van der Waals surface area contributed by atoms with E-state index in [0.717, 1.165) is 22.3 Å². The van der Waals surface area contributed by atoms with Crippen molar-refractivity contribution < 1.29 is 43.3 Å². The summed E-state index contributed by atoms with van der Waals surface area (Å²) in [6.07, 6.45) is 5.79. The number of nitrogens with zero attached hydrogens (tertiary/aromatic N) is 5. The van der Waals surface area contributed by atoms with Crippen molar-refractivity contribution in [2.24, 2.45) is 0 Å². The summed E-state index contributed by atoms with van der Waals surface area (Å²) in [6.45, 7) is 2.08. The monoisotopic (exact) mass is 856 g/mol. The first-order valence-electron chi connectivity index (χ1n) is 19.4. The first-order valence-corrected chi connectivity index (χ1v) is 20.3. The molecule has 0 fully saturated rings. The zero-order chi connectivity index (χ0) is 44.0. The number of carboxylic acid groups (broad SMARTS) is 1. The Morgan fingerprint density at radius 1 is 0.758 bits per heavy atom. The zero-order valence-corrected chi connectivity index (χ0v) is 34.4. The Balaban J connectivity index is 0.000000172. The SMILES string of the molecule is CC(C(=O)O)c1c2c(c(O)c3ncc(Cc4ccc(F)cc4)cc13)C(=O)N(C)C2.CN1Cc2c(c(O)c3ncc(Cc4ccc(F)cc4)cc3c2CC(=O)Nc2nccs2)C1=O. The molecule has 9 rings (SSSR count). The molecule has 0 aliphatic carbocycles. The van der Waals surface area contributed by atoms with Crippen LogP contribution in [-0.2, 0) is 41.9 Å². The van der Waals surface area contributed by atoms with Gasteiger partial charge in [0.1, 0.15) is 22.7 Å². The molecule has 0 spiro atoms. The number of nitrogens with one attached hydrogen (secondary N) is 1. The van der Waals surface area contributed by atoms with Gasteiger partial charge in [-0.15, -0.1) is 11.3 Å². The van der Waals surface area contributed by atoms with E-state index in [4.69, 9.17) is 0 Å². The molecule has 0 saturated carbocycles. The molecule has 13 nitrogen and oxygen atoms in total. The minimum atomic E-state index is -1.02. The summed E-state index contributed by atoms with van der Waals surface area (Å²) in [4.78, 5) is 65.6. The van der Waals surface area contributed by atoms with E-state index in [1.807, 2.05) is 6.07 Å². The van der Waals surface area contributed by atoms with Gasteiger partial charge in [0.15, 0.2) is 16.6 Å². The minimum absolute atomic E-state index is 0.00148. The fourth-order valence-electron chi connectivity index (χ4n) is 8.06. The summed E-state index contributed by atoms with van der Waals surface area (Å²) in [6, 6.07) is 16.0. The second-order valence-corrected chi connectivity index (χ2v) is 16.2. The van der Waals surface area contributed by atoms with Crippen LogP contribution in [-0.4, -0.2) is 77.9 Å². The Morgan fingerprint density at radius 2 is 1.26 bits per heavy atom. The molecule has 16 heteroatoms. The van der Waals surface area contributed by atoms with E-state index in [-0.39, 0.29) is 76.0 Å². The molecule has 3 amide bonds. The number of thiazole rings is 1. The zero-order valence-electron chi connectivity index (χ0n) is 33.6. The molecular formula is C46H38F2N6O7S. The number of fused-ring (bicyclic) bond motifs is 4. The average Bonchev–Trinajstić information content (AvgIpc) is 3.95. The second-order valence-electron chi connectivity index (χ2n) is 15.3. The number of hydrogen-bond acceptors (Lipinski definition) is 10. The maximum Gasteiger partial charge on any atom is 0.310 e. The number of aromatic hydroxyl groups is 2. The van der Waals surface area contributed by atoms with Gasteiger partial charge in [0.05, 0.1) is 23.5 Å². The molecule has 7 aromatic rings. The summed E-state index contributed by atoms with van der Waals surface area (Å²) < 4.78 is 26.4. The van der Waals surface area contributed by atoms with Gasteiger partial charge >= 0.3 is 5.97 Å². The van der Waals surface area contributed by atoms with Gasteiger partial charge in [0.25, 0.3) is 11.8 Å². The van der Waals surface area contributed by atoms with Crippen molar-refractivity contribution in [2.75, 3.05) is 19.4 Å². The van der Waals surface area contributed by atoms with Crippen molar-refractivity contribution in [3.63, 3.8) is 0 Å². The van der Waals surface area contributed by atoms with Crippen molar-refractivity contribution in [3.05, 3.63) is 152 Å². The highest BCUT2D eigenvalue weighted by Gasteiger charge is 2.36. The number of anilines is 1. The normalized spacial score (nSPS) is 13.6. The highest BCUT2D eigenvalue weighted by atomic mass is 32.1. The standard InChI is InChI=1S/C24H19FN4O3S.C22H19FN2O4/c1-29-12-18-16(10-19(30)28-24-26-6-7-33-24)17-9-14(8-13-2-4-15(25)5-3-13)11-27-21(17)22(31)20(18)23(29)32;1-11(22(28)29)17-15-8-13(7-12-3-5-14(23)6-4-12)9-24-19(15)20(26)18-16(17)10-25(2)21(18)27/h2-7,9,11,31H,8,10,12H2,1H3,(H,26,28,30);3-6,8-9,11,26H,7,10H2,1-2H3,(H,28,29). The number of aromatic nitrogens is 3. The summed E-state index contributed by atoms with van der Waals surface area (Å²) in [5.74, 6) is -3.86. The van der Waals surface area contributed by atoms with Crippen LogP contribution in [0.3, 0.4) is 0 Å². The molecule has 314 valence electrons. The first kappa shape index (κ1) is 41.4. The number of rotatable bonds is 9. The van der Waals surface area contributed by atoms with E-state index in [9.17, 15) is 43.3 Å². The Labute approximate surface area is 356 Å². The van der Waals surface area contributed by atoms with E-state index in [0.29, 0.717) is 57.5 Å². The minimum Gasteiger partial charge on any atom is -0.505 e. The van der Waals surface area contributed by atoms with E-state index < -0.39 is 11.9 Å². The third kappa shape index (κ3) is 7.87. The Kier molecular flexibility index (Phi) is 11.1. The van der Waals surface area contributed by atoms with Crippen LogP contribution < -0.4 is 5.32 Å². The lowest BCUT2D eigenvalue weighted by Crippen LogP contribution is -2.17. The molecule has 1 atom stereocenters. The molecule has 3 aromatic heterocycles. The van der Waals surface area contributed by atoms with Gasteiger partial charge in [-0.25, -0.2) is 13.8 Å². The molecule has 0 saturated heterocycles. The quantitative estimate of drug-likeness (QED) is 0.115. The van der Waals surface area contributed by atoms with Gasteiger partial charge in [-0.2, -0.15) is 0 Å². The third-order valence-electron chi connectivity index (χ3n) is 11.1. The predicted octanol–water partition coefficient (Wildman–Crippen LogP) is 7.34. The smallest absolute Gasteiger partial charge is 0.310 e. The maximum absolute atomic E-state index is 13.3. The Hall–Kier alpha value is -7.33. The lowest BCUT2D eigenvalue weighted by Gasteiger charge is -2.17. The lowest BCUT2D eigenvalue weighted by atomic mass is 9.88. The van der Waals surface area contributed by atoms with Gasteiger partial charge in [-0.3, -0.25) is 29.1 Å². The van der Waals surface area contributed by atoms with Gasteiger partial charge in [-0.1, -0.05) is 24.3 Å². The van der Waals surface area contributed by atoms with Crippen LogP contribution in [0, 0.1) is 11.6 Å². The van der Waals surface area contributed by atoms with Gasteiger partial charge < -0.3 is 30.4 Å². The number of phenolic OH excluding ortho intramolecular Hbond substituents is 2. The average molecular weight is 857 g/mol. The number of benzene rings is 4. The van der Waals surface area contributed by atoms with Gasteiger partial charge in [0, 0.05) is 61.9 Å². The Bertz CT molecular complexity index is 2950. The first-order chi connectivity index (χ1) is 29.7. The largest absolute Gasteiger partial charge is 0.505 e. The molecule has 0 radical (unpaired) electrons. The van der Waals surface area contributed by atoms with Crippen LogP contribution in [0.5, 0.6) is 11.5 Å². The number of aliphatic carboxylic acids is 1. The number of carbonyl (C=O) groups is 4. The van der Waals surface area contributed by atoms with Crippen molar-refractivity contribution in [1.29, 1.82) is 0 Å². The molecular weight excluding hydrogens is 819 g/mol. The summed E-state index contributed by atoms with van der Waals surface area (Å²) in [5.41, 5.74) is 6.51. The van der Waals surface area contributed by atoms with Crippen LogP contribution in [0.25, 0.3) is 21.8 Å². The van der Waals surface area contributed by atoms with Crippen molar-refractivity contribution in [3.8, 4) is 11.5 Å². The number of amides is 3. The van der Waals surface area contributed by atoms with E-state index >= 15 is 0 Å². The van der Waals surface area contributed by atoms with Crippen LogP contribution in [0.1, 0.15) is 78.1 Å².